The number of benzene rings is 1. The van der Waals surface area contributed by atoms with Crippen LogP contribution in [0, 0.1) is 11.8 Å². The predicted octanol–water partition coefficient (Wildman–Crippen LogP) is 2.21. The Morgan fingerprint density at radius 2 is 1.92 bits per heavy atom. The van der Waals surface area contributed by atoms with E-state index in [0.29, 0.717) is 22.6 Å². The van der Waals surface area contributed by atoms with E-state index in [1.54, 1.807) is 9.15 Å². The topological polar surface area (TPSA) is 50.1 Å². The summed E-state index contributed by atoms with van der Waals surface area (Å²) in [6, 6.07) is 6.52. The lowest BCUT2D eigenvalue weighted by molar-refractivity contribution is -0.594. The third-order valence-corrected chi connectivity index (χ3v) is 3.43. The van der Waals surface area contributed by atoms with E-state index in [2.05, 4.69) is 26.9 Å². The van der Waals surface area contributed by atoms with Gasteiger partial charge in [-0.25, -0.2) is 4.98 Å². The maximum Gasteiger partial charge on any atom is 0.416 e. The van der Waals surface area contributed by atoms with Gasteiger partial charge < -0.3 is 0 Å². The quantitative estimate of drug-likeness (QED) is 0.397. The summed E-state index contributed by atoms with van der Waals surface area (Å²) >= 11 is 0. The maximum absolute atomic E-state index is 12.5. The second-order valence-electron chi connectivity index (χ2n) is 5.04. The normalized spacial score (nSPS) is 11.6. The number of alkyl halides is 3. The second kappa shape index (κ2) is 5.09. The molecule has 4 rings (SSSR count). The zero-order valence-electron chi connectivity index (χ0n) is 12.0. The van der Waals surface area contributed by atoms with Crippen LogP contribution in [-0.4, -0.2) is 19.7 Å². The van der Waals surface area contributed by atoms with Crippen LogP contribution in [0.4, 0.5) is 13.2 Å². The molecule has 5 nitrogen and oxygen atoms in total. The van der Waals surface area contributed by atoms with E-state index in [4.69, 9.17) is 0 Å². The maximum atomic E-state index is 12.5. The van der Waals surface area contributed by atoms with Crippen molar-refractivity contribution in [2.45, 2.75) is 6.18 Å². The highest BCUT2D eigenvalue weighted by atomic mass is 19.4. The van der Waals surface area contributed by atoms with Crippen LogP contribution in [0.2, 0.25) is 0 Å². The molecule has 0 atom stereocenters. The molecule has 8 heteroatoms. The molecule has 0 saturated heterocycles. The smallest absolute Gasteiger partial charge is 0.213 e. The molecule has 24 heavy (non-hydrogen) atoms. The van der Waals surface area contributed by atoms with Crippen LogP contribution >= 0.6 is 0 Å². The monoisotopic (exact) mass is 328 g/mol. The third-order valence-electron chi connectivity index (χ3n) is 3.43. The fourth-order valence-electron chi connectivity index (χ4n) is 2.27. The average molecular weight is 328 g/mol. The van der Waals surface area contributed by atoms with Gasteiger partial charge in [-0.1, -0.05) is 10.9 Å². The number of fused-ring (bicyclic) bond motifs is 3. The van der Waals surface area contributed by atoms with Crippen LogP contribution < -0.4 is 4.52 Å². The van der Waals surface area contributed by atoms with Crippen LogP contribution in [0.3, 0.4) is 0 Å². The number of nitrogens with zero attached hydrogens (tertiary/aromatic N) is 4. The Kier molecular flexibility index (Phi) is 3.03. The Morgan fingerprint density at radius 3 is 2.67 bits per heavy atom. The van der Waals surface area contributed by atoms with Gasteiger partial charge in [-0.15, -0.1) is 9.15 Å². The first-order valence-electron chi connectivity index (χ1n) is 6.94. The molecule has 1 N–H and O–H groups in total. The fraction of sp³-hybridized carbons (Fsp3) is 0.0625. The highest BCUT2D eigenvalue weighted by molar-refractivity contribution is 5.60. The first kappa shape index (κ1) is 14.3. The first-order chi connectivity index (χ1) is 11.5. The van der Waals surface area contributed by atoms with Crippen molar-refractivity contribution < 1.29 is 17.7 Å². The lowest BCUT2D eigenvalue weighted by atomic mass is 10.1. The number of H-pyrrole nitrogens is 1. The highest BCUT2D eigenvalue weighted by Gasteiger charge is 2.29. The van der Waals surface area contributed by atoms with Crippen molar-refractivity contribution in [2.24, 2.45) is 0 Å². The molecule has 118 valence electrons. The second-order valence-corrected chi connectivity index (χ2v) is 5.04. The van der Waals surface area contributed by atoms with Crippen molar-refractivity contribution >= 4 is 11.3 Å². The van der Waals surface area contributed by atoms with E-state index in [1.165, 1.54) is 18.3 Å². The van der Waals surface area contributed by atoms with Crippen molar-refractivity contribution in [1.82, 2.24) is 19.7 Å². The molecule has 0 aliphatic carbocycles. The Balaban J connectivity index is 1.68. The molecular weight excluding hydrogens is 319 g/mol. The molecule has 4 aromatic rings. The summed E-state index contributed by atoms with van der Waals surface area (Å²) in [4.78, 5) is 8.64. The molecule has 0 fully saturated rings. The summed E-state index contributed by atoms with van der Waals surface area (Å²) in [5.41, 5.74) is 1.42. The minimum Gasteiger partial charge on any atom is -0.213 e. The van der Waals surface area contributed by atoms with Gasteiger partial charge in [0.1, 0.15) is 0 Å². The van der Waals surface area contributed by atoms with Gasteiger partial charge in [0, 0.05) is 5.56 Å². The van der Waals surface area contributed by atoms with Gasteiger partial charge in [0.25, 0.3) is 5.65 Å². The molecule has 3 aromatic heterocycles. The molecule has 0 spiro atoms. The predicted molar refractivity (Wildman–Crippen MR) is 77.9 cm³/mol. The number of hydrogen-bond donors (Lipinski definition) is 1. The molecule has 0 aliphatic rings. The summed E-state index contributed by atoms with van der Waals surface area (Å²) in [6.07, 6.45) is 0.796. The summed E-state index contributed by atoms with van der Waals surface area (Å²) in [7, 11) is 0. The van der Waals surface area contributed by atoms with Gasteiger partial charge in [0.05, 0.1) is 24.2 Å². The fourth-order valence-corrected chi connectivity index (χ4v) is 2.27. The summed E-state index contributed by atoms with van der Waals surface area (Å²) in [5, 5.41) is 3.03. The van der Waals surface area contributed by atoms with Gasteiger partial charge in [0.2, 0.25) is 5.69 Å². The number of hydrogen-bond acceptors (Lipinski definition) is 2. The zero-order valence-corrected chi connectivity index (χ0v) is 12.0. The van der Waals surface area contributed by atoms with Gasteiger partial charge >= 0.3 is 11.8 Å². The SMILES string of the molecule is FC(F)(F)c1ccc(C#Cc2cnc3[nH]n4ccc[n+]4c3n2)cc1. The van der Waals surface area contributed by atoms with Crippen LogP contribution in [0.5, 0.6) is 0 Å². The van der Waals surface area contributed by atoms with E-state index >= 15 is 0 Å². The van der Waals surface area contributed by atoms with Crippen molar-refractivity contribution in [3.8, 4) is 11.8 Å². The summed E-state index contributed by atoms with van der Waals surface area (Å²) in [5.74, 6) is 5.61. The molecule has 0 saturated carbocycles. The molecule has 1 aromatic carbocycles. The van der Waals surface area contributed by atoms with Gasteiger partial charge in [-0.05, 0) is 36.3 Å². The zero-order chi connectivity index (χ0) is 16.7. The van der Waals surface area contributed by atoms with Crippen molar-refractivity contribution in [3.05, 3.63) is 65.7 Å². The largest absolute Gasteiger partial charge is 0.416 e. The van der Waals surface area contributed by atoms with E-state index < -0.39 is 11.7 Å². The lowest BCUT2D eigenvalue weighted by Crippen LogP contribution is -2.24. The van der Waals surface area contributed by atoms with E-state index in [0.717, 1.165) is 12.1 Å². The molecule has 0 unspecified atom stereocenters. The average Bonchev–Trinajstić information content (AvgIpc) is 3.13. The number of nitrogens with one attached hydrogen (secondary N) is 1. The Morgan fingerprint density at radius 1 is 1.12 bits per heavy atom. The standard InChI is InChI=1S/C16H9F3N5/c17-16(18,19)12-5-2-11(3-6-12)4-7-13-10-20-14-15(21-13)23-8-1-9-24(23)22-14/h1-3,5-6,8-10H,(H,20,22)/q+1. The van der Waals surface area contributed by atoms with Crippen molar-refractivity contribution in [3.63, 3.8) is 0 Å². The Labute approximate surface area is 133 Å². The van der Waals surface area contributed by atoms with Crippen molar-refractivity contribution in [2.75, 3.05) is 0 Å². The number of halogens is 3. The minimum absolute atomic E-state index is 0.428. The highest BCUT2D eigenvalue weighted by Crippen LogP contribution is 2.28. The Hall–Kier alpha value is -3.34. The van der Waals surface area contributed by atoms with E-state index in [1.807, 2.05) is 18.5 Å². The molecule has 0 amide bonds. The first-order valence-corrected chi connectivity index (χ1v) is 6.94. The van der Waals surface area contributed by atoms with Crippen LogP contribution in [0.25, 0.3) is 11.3 Å². The Bertz CT molecular complexity index is 1090. The number of rotatable bonds is 0. The van der Waals surface area contributed by atoms with Crippen LogP contribution in [-0.2, 0) is 6.18 Å². The van der Waals surface area contributed by atoms with Gasteiger partial charge in [-0.3, -0.25) is 0 Å². The van der Waals surface area contributed by atoms with E-state index in [9.17, 15) is 13.2 Å². The molecule has 0 radical (unpaired) electrons. The third kappa shape index (κ3) is 2.46. The molecule has 0 bridgehead atoms. The molecular formula is C16H9F3N5+. The van der Waals surface area contributed by atoms with Crippen LogP contribution in [0.1, 0.15) is 16.8 Å². The summed E-state index contributed by atoms with van der Waals surface area (Å²) in [6.45, 7) is 0. The number of aromatic amines is 1. The molecule has 3 heterocycles. The summed E-state index contributed by atoms with van der Waals surface area (Å²) < 4.78 is 41.1. The number of aromatic nitrogens is 5. The van der Waals surface area contributed by atoms with Gasteiger partial charge in [-0.2, -0.15) is 18.3 Å². The lowest BCUT2D eigenvalue weighted by Gasteiger charge is -2.05. The van der Waals surface area contributed by atoms with Crippen molar-refractivity contribution in [1.29, 1.82) is 0 Å². The van der Waals surface area contributed by atoms with Gasteiger partial charge in [0.15, 0.2) is 0 Å². The minimum atomic E-state index is -4.35. The molecule has 0 aliphatic heterocycles. The van der Waals surface area contributed by atoms with Crippen LogP contribution in [0.15, 0.2) is 48.9 Å². The van der Waals surface area contributed by atoms with E-state index in [-0.39, 0.29) is 0 Å².